The molecule has 0 bridgehead atoms. The van der Waals surface area contributed by atoms with Gasteiger partial charge in [-0.05, 0) is 25.1 Å². The molecule has 7 heteroatoms. The SMILES string of the molecule is N#Cc1cn(CCCN2CCN(c3ccccc3)CC2)c(=O)[nH]c1=O. The third kappa shape index (κ3) is 4.17. The van der Waals surface area contributed by atoms with Crippen LogP contribution in [0, 0.1) is 11.3 Å². The Hall–Kier alpha value is -2.85. The maximum Gasteiger partial charge on any atom is 0.328 e. The molecule has 0 radical (unpaired) electrons. The van der Waals surface area contributed by atoms with Crippen molar-refractivity contribution in [2.24, 2.45) is 0 Å². The number of para-hydroxylation sites is 1. The zero-order valence-corrected chi connectivity index (χ0v) is 14.0. The molecule has 0 saturated carbocycles. The second-order valence-electron chi connectivity index (χ2n) is 6.13. The van der Waals surface area contributed by atoms with Crippen LogP contribution in [0.4, 0.5) is 5.69 Å². The minimum atomic E-state index is -0.624. The van der Waals surface area contributed by atoms with Crippen molar-refractivity contribution >= 4 is 5.69 Å². The molecule has 0 unspecified atom stereocenters. The Bertz CT molecular complexity index is 858. The quantitative estimate of drug-likeness (QED) is 0.863. The summed E-state index contributed by atoms with van der Waals surface area (Å²) in [6, 6.07) is 12.2. The molecule has 1 saturated heterocycles. The minimum absolute atomic E-state index is 0.0314. The van der Waals surface area contributed by atoms with E-state index in [2.05, 4.69) is 39.0 Å². The van der Waals surface area contributed by atoms with Gasteiger partial charge < -0.3 is 4.90 Å². The number of H-pyrrole nitrogens is 1. The van der Waals surface area contributed by atoms with Gasteiger partial charge >= 0.3 is 5.69 Å². The third-order valence-electron chi connectivity index (χ3n) is 4.50. The van der Waals surface area contributed by atoms with Crippen LogP contribution >= 0.6 is 0 Å². The molecule has 1 aliphatic rings. The number of hydrogen-bond acceptors (Lipinski definition) is 5. The molecule has 1 aromatic carbocycles. The van der Waals surface area contributed by atoms with Crippen molar-refractivity contribution in [2.75, 3.05) is 37.6 Å². The predicted octanol–water partition coefficient (Wildman–Crippen LogP) is 0.621. The van der Waals surface area contributed by atoms with Gasteiger partial charge in [-0.2, -0.15) is 5.26 Å². The van der Waals surface area contributed by atoms with Crippen LogP contribution in [0.5, 0.6) is 0 Å². The highest BCUT2D eigenvalue weighted by Gasteiger charge is 2.16. The topological polar surface area (TPSA) is 85.1 Å². The summed E-state index contributed by atoms with van der Waals surface area (Å²) in [7, 11) is 0. The van der Waals surface area contributed by atoms with E-state index < -0.39 is 11.2 Å². The summed E-state index contributed by atoms with van der Waals surface area (Å²) in [5.74, 6) is 0. The van der Waals surface area contributed by atoms with Gasteiger partial charge in [0.2, 0.25) is 0 Å². The fraction of sp³-hybridized carbons (Fsp3) is 0.389. The van der Waals surface area contributed by atoms with E-state index in [1.165, 1.54) is 16.5 Å². The molecular weight excluding hydrogens is 318 g/mol. The first-order valence-electron chi connectivity index (χ1n) is 8.43. The molecule has 3 rings (SSSR count). The fourth-order valence-corrected chi connectivity index (χ4v) is 3.09. The van der Waals surface area contributed by atoms with E-state index in [0.717, 1.165) is 39.1 Å². The lowest BCUT2D eigenvalue weighted by Crippen LogP contribution is -2.46. The summed E-state index contributed by atoms with van der Waals surface area (Å²) in [5, 5.41) is 8.88. The summed E-state index contributed by atoms with van der Waals surface area (Å²) < 4.78 is 1.40. The lowest BCUT2D eigenvalue weighted by Gasteiger charge is -2.36. The summed E-state index contributed by atoms with van der Waals surface area (Å²) in [6.07, 6.45) is 2.14. The van der Waals surface area contributed by atoms with E-state index in [4.69, 9.17) is 5.26 Å². The van der Waals surface area contributed by atoms with Gasteiger partial charge in [-0.15, -0.1) is 0 Å². The zero-order chi connectivity index (χ0) is 17.6. The van der Waals surface area contributed by atoms with Crippen molar-refractivity contribution in [3.05, 3.63) is 62.9 Å². The number of aromatic nitrogens is 2. The van der Waals surface area contributed by atoms with Crippen molar-refractivity contribution in [1.29, 1.82) is 5.26 Å². The van der Waals surface area contributed by atoms with Gasteiger partial charge in [0.05, 0.1) is 0 Å². The molecule has 7 nitrogen and oxygen atoms in total. The highest BCUT2D eigenvalue weighted by Crippen LogP contribution is 2.15. The molecule has 0 spiro atoms. The van der Waals surface area contributed by atoms with Gasteiger partial charge in [0.25, 0.3) is 5.56 Å². The molecule has 2 aromatic rings. The molecule has 1 aliphatic heterocycles. The second-order valence-corrected chi connectivity index (χ2v) is 6.13. The van der Waals surface area contributed by atoms with Crippen LogP contribution in [0.3, 0.4) is 0 Å². The van der Waals surface area contributed by atoms with Gasteiger partial charge in [0, 0.05) is 44.6 Å². The highest BCUT2D eigenvalue weighted by molar-refractivity contribution is 5.46. The Labute approximate surface area is 145 Å². The van der Waals surface area contributed by atoms with Crippen LogP contribution in [0.2, 0.25) is 0 Å². The number of rotatable bonds is 5. The van der Waals surface area contributed by atoms with Crippen LogP contribution < -0.4 is 16.1 Å². The van der Waals surface area contributed by atoms with Gasteiger partial charge in [-0.25, -0.2) is 4.79 Å². The van der Waals surface area contributed by atoms with Crippen LogP contribution in [-0.2, 0) is 6.54 Å². The monoisotopic (exact) mass is 339 g/mol. The Kier molecular flexibility index (Phi) is 5.31. The predicted molar refractivity (Wildman–Crippen MR) is 95.7 cm³/mol. The maximum atomic E-state index is 11.8. The van der Waals surface area contributed by atoms with E-state index in [0.29, 0.717) is 6.54 Å². The van der Waals surface area contributed by atoms with Gasteiger partial charge in [0.1, 0.15) is 11.6 Å². The lowest BCUT2D eigenvalue weighted by atomic mass is 10.2. The third-order valence-corrected chi connectivity index (χ3v) is 4.50. The van der Waals surface area contributed by atoms with Crippen LogP contribution in [0.1, 0.15) is 12.0 Å². The van der Waals surface area contributed by atoms with Crippen LogP contribution in [0.25, 0.3) is 0 Å². The Balaban J connectivity index is 1.49. The van der Waals surface area contributed by atoms with E-state index in [1.807, 2.05) is 6.07 Å². The van der Waals surface area contributed by atoms with Crippen molar-refractivity contribution < 1.29 is 0 Å². The largest absolute Gasteiger partial charge is 0.369 e. The molecule has 0 atom stereocenters. The molecule has 0 aliphatic carbocycles. The average molecular weight is 339 g/mol. The number of hydrogen-bond donors (Lipinski definition) is 1. The average Bonchev–Trinajstić information content (AvgIpc) is 2.65. The molecule has 1 aromatic heterocycles. The standard InChI is InChI=1S/C18H21N5O2/c19-13-15-14-23(18(25)20-17(15)24)8-4-7-21-9-11-22(12-10-21)16-5-2-1-3-6-16/h1-3,5-6,14H,4,7-12H2,(H,20,24,25). The number of aromatic amines is 1. The fourth-order valence-electron chi connectivity index (χ4n) is 3.09. The van der Waals surface area contributed by atoms with Crippen molar-refractivity contribution in [2.45, 2.75) is 13.0 Å². The van der Waals surface area contributed by atoms with Crippen LogP contribution in [-0.4, -0.2) is 47.2 Å². The summed E-state index contributed by atoms with van der Waals surface area (Å²) in [6.45, 7) is 5.32. The summed E-state index contributed by atoms with van der Waals surface area (Å²) in [4.78, 5) is 30.1. The van der Waals surface area contributed by atoms with E-state index in [-0.39, 0.29) is 5.56 Å². The maximum absolute atomic E-state index is 11.8. The van der Waals surface area contributed by atoms with E-state index >= 15 is 0 Å². The van der Waals surface area contributed by atoms with E-state index in [1.54, 1.807) is 6.07 Å². The van der Waals surface area contributed by atoms with Crippen LogP contribution in [0.15, 0.2) is 46.1 Å². The van der Waals surface area contributed by atoms with Crippen molar-refractivity contribution in [1.82, 2.24) is 14.5 Å². The highest BCUT2D eigenvalue weighted by atomic mass is 16.2. The lowest BCUT2D eigenvalue weighted by molar-refractivity contribution is 0.250. The first kappa shape index (κ1) is 17.0. The number of anilines is 1. The Morgan fingerprint density at radius 3 is 2.44 bits per heavy atom. The van der Waals surface area contributed by atoms with Crippen molar-refractivity contribution in [3.63, 3.8) is 0 Å². The van der Waals surface area contributed by atoms with E-state index in [9.17, 15) is 9.59 Å². The Morgan fingerprint density at radius 2 is 1.76 bits per heavy atom. The molecule has 2 heterocycles. The molecule has 1 N–H and O–H groups in total. The first-order valence-corrected chi connectivity index (χ1v) is 8.43. The smallest absolute Gasteiger partial charge is 0.328 e. The normalized spacial score (nSPS) is 15.1. The summed E-state index contributed by atoms with van der Waals surface area (Å²) >= 11 is 0. The number of benzene rings is 1. The molecular formula is C18H21N5O2. The summed E-state index contributed by atoms with van der Waals surface area (Å²) in [5.41, 5.74) is 0.140. The minimum Gasteiger partial charge on any atom is -0.369 e. The number of piperazine rings is 1. The first-order chi connectivity index (χ1) is 12.2. The molecule has 1 fully saturated rings. The van der Waals surface area contributed by atoms with Gasteiger partial charge in [-0.3, -0.25) is 19.2 Å². The van der Waals surface area contributed by atoms with Gasteiger partial charge in [-0.1, -0.05) is 18.2 Å². The van der Waals surface area contributed by atoms with Gasteiger partial charge in [0.15, 0.2) is 0 Å². The number of nitriles is 1. The number of aryl methyl sites for hydroxylation is 1. The molecule has 0 amide bonds. The zero-order valence-electron chi connectivity index (χ0n) is 14.0. The second kappa shape index (κ2) is 7.81. The molecule has 25 heavy (non-hydrogen) atoms. The van der Waals surface area contributed by atoms with Crippen molar-refractivity contribution in [3.8, 4) is 6.07 Å². The number of nitrogens with one attached hydrogen (secondary N) is 1. The number of nitrogens with zero attached hydrogens (tertiary/aromatic N) is 4. The molecule has 130 valence electrons. The Morgan fingerprint density at radius 1 is 1.04 bits per heavy atom.